The molecule has 0 radical (unpaired) electrons. The van der Waals surface area contributed by atoms with Crippen LogP contribution >= 0.6 is 11.5 Å². The molecule has 2 rings (SSSR count). The molecular formula is C11H14N4O3S2. The van der Waals surface area contributed by atoms with Crippen molar-refractivity contribution in [3.63, 3.8) is 0 Å². The molecule has 0 aliphatic carbocycles. The van der Waals surface area contributed by atoms with Crippen LogP contribution in [0.15, 0.2) is 24.3 Å². The molecule has 0 aliphatic rings. The molecular weight excluding hydrogens is 300 g/mol. The lowest BCUT2D eigenvalue weighted by Crippen LogP contribution is -2.21. The summed E-state index contributed by atoms with van der Waals surface area (Å²) in [6, 6.07) is 6.81. The van der Waals surface area contributed by atoms with E-state index < -0.39 is 10.0 Å². The van der Waals surface area contributed by atoms with Gasteiger partial charge in [0.1, 0.15) is 23.9 Å². The van der Waals surface area contributed by atoms with Crippen molar-refractivity contribution in [3.05, 3.63) is 30.1 Å². The molecule has 0 saturated heterocycles. The Kier molecular flexibility index (Phi) is 4.40. The third kappa shape index (κ3) is 4.35. The van der Waals surface area contributed by atoms with E-state index in [1.54, 1.807) is 31.2 Å². The fourth-order valence-electron chi connectivity index (χ4n) is 1.40. The second kappa shape index (κ2) is 6.06. The predicted molar refractivity (Wildman–Crippen MR) is 78.4 cm³/mol. The Labute approximate surface area is 121 Å². The van der Waals surface area contributed by atoms with Gasteiger partial charge in [-0.15, -0.1) is 0 Å². The van der Waals surface area contributed by atoms with E-state index in [1.165, 1.54) is 0 Å². The zero-order valence-corrected chi connectivity index (χ0v) is 12.4. The van der Waals surface area contributed by atoms with Crippen molar-refractivity contribution in [2.75, 3.05) is 22.8 Å². The normalized spacial score (nSPS) is 11.2. The number of nitrogens with zero attached hydrogens (tertiary/aromatic N) is 2. The van der Waals surface area contributed by atoms with Crippen molar-refractivity contribution in [3.8, 4) is 5.75 Å². The second-order valence-corrected chi connectivity index (χ2v) is 6.58. The monoisotopic (exact) mass is 314 g/mol. The van der Waals surface area contributed by atoms with Gasteiger partial charge in [-0.05, 0) is 19.1 Å². The molecule has 0 unspecified atom stereocenters. The molecule has 3 N–H and O–H groups in total. The van der Waals surface area contributed by atoms with Crippen molar-refractivity contribution < 1.29 is 13.2 Å². The average Bonchev–Trinajstić information content (AvgIpc) is 2.73. The number of nitrogen functional groups attached to an aromatic ring is 1. The van der Waals surface area contributed by atoms with E-state index in [2.05, 4.69) is 14.1 Å². The van der Waals surface area contributed by atoms with Crippen LogP contribution in [0.4, 0.5) is 10.8 Å². The van der Waals surface area contributed by atoms with Gasteiger partial charge in [0.25, 0.3) is 0 Å². The molecule has 108 valence electrons. The minimum atomic E-state index is -3.50. The van der Waals surface area contributed by atoms with Crippen molar-refractivity contribution >= 4 is 32.4 Å². The second-order valence-electron chi connectivity index (χ2n) is 3.99. The third-order valence-corrected chi connectivity index (χ3v) is 4.31. The number of aryl methyl sites for hydroxylation is 1. The first-order valence-corrected chi connectivity index (χ1v) is 8.16. The molecule has 7 nitrogen and oxygen atoms in total. The summed E-state index contributed by atoms with van der Waals surface area (Å²) in [6.45, 7) is 1.72. The number of benzene rings is 1. The third-order valence-electron chi connectivity index (χ3n) is 2.25. The standard InChI is InChI=1S/C11H14N4O3S2/c1-8-13-11(19-14-8)15-20(16,17)6-5-18-10-4-2-3-9(12)7-10/h2-4,7H,5-6,12H2,1H3,(H,13,14,15). The molecule has 0 aliphatic heterocycles. The molecule has 2 aromatic rings. The maximum Gasteiger partial charge on any atom is 0.237 e. The lowest BCUT2D eigenvalue weighted by Gasteiger charge is -2.07. The maximum absolute atomic E-state index is 11.8. The summed E-state index contributed by atoms with van der Waals surface area (Å²) in [5, 5.41) is 0.256. The highest BCUT2D eigenvalue weighted by molar-refractivity contribution is 7.92. The minimum Gasteiger partial charge on any atom is -0.492 e. The Hall–Kier alpha value is -1.87. The fourth-order valence-corrected chi connectivity index (χ4v) is 3.07. The minimum absolute atomic E-state index is 0.0244. The van der Waals surface area contributed by atoms with E-state index in [4.69, 9.17) is 10.5 Å². The summed E-state index contributed by atoms with van der Waals surface area (Å²) >= 11 is 0.999. The van der Waals surface area contributed by atoms with Crippen molar-refractivity contribution in [2.45, 2.75) is 6.92 Å². The molecule has 0 fully saturated rings. The molecule has 9 heteroatoms. The Morgan fingerprint density at radius 1 is 1.45 bits per heavy atom. The quantitative estimate of drug-likeness (QED) is 0.777. The number of rotatable bonds is 6. The van der Waals surface area contributed by atoms with Crippen molar-refractivity contribution in [1.29, 1.82) is 0 Å². The summed E-state index contributed by atoms with van der Waals surface area (Å²) in [6.07, 6.45) is 0. The van der Waals surface area contributed by atoms with Gasteiger partial charge >= 0.3 is 0 Å². The van der Waals surface area contributed by atoms with Crippen LogP contribution in [0.5, 0.6) is 5.75 Å². The van der Waals surface area contributed by atoms with Gasteiger partial charge in [-0.3, -0.25) is 4.72 Å². The van der Waals surface area contributed by atoms with Gasteiger partial charge in [0, 0.05) is 23.3 Å². The molecule has 20 heavy (non-hydrogen) atoms. The summed E-state index contributed by atoms with van der Waals surface area (Å²) in [5.74, 6) is 0.885. The lowest BCUT2D eigenvalue weighted by atomic mass is 10.3. The highest BCUT2D eigenvalue weighted by atomic mass is 32.2. The number of ether oxygens (including phenoxy) is 1. The number of hydrogen-bond donors (Lipinski definition) is 2. The molecule has 1 heterocycles. The lowest BCUT2D eigenvalue weighted by molar-refractivity contribution is 0.341. The SMILES string of the molecule is Cc1nsc(NS(=O)(=O)CCOc2cccc(N)c2)n1. The molecule has 1 aromatic carbocycles. The van der Waals surface area contributed by atoms with E-state index in [9.17, 15) is 8.42 Å². The number of sulfonamides is 1. The van der Waals surface area contributed by atoms with Crippen LogP contribution in [0.3, 0.4) is 0 Å². The van der Waals surface area contributed by atoms with Crippen LogP contribution < -0.4 is 15.2 Å². The van der Waals surface area contributed by atoms with E-state index in [0.29, 0.717) is 17.3 Å². The van der Waals surface area contributed by atoms with Crippen LogP contribution in [-0.4, -0.2) is 30.1 Å². The Morgan fingerprint density at radius 2 is 2.25 bits per heavy atom. The van der Waals surface area contributed by atoms with Crippen LogP contribution in [0.1, 0.15) is 5.82 Å². The van der Waals surface area contributed by atoms with Gasteiger partial charge in [-0.2, -0.15) is 4.37 Å². The number of anilines is 2. The van der Waals surface area contributed by atoms with E-state index in [1.807, 2.05) is 0 Å². The number of hydrogen-bond acceptors (Lipinski definition) is 7. The first kappa shape index (κ1) is 14.5. The Morgan fingerprint density at radius 3 is 2.90 bits per heavy atom. The van der Waals surface area contributed by atoms with Gasteiger partial charge in [0.15, 0.2) is 0 Å². The molecule has 1 aromatic heterocycles. The maximum atomic E-state index is 11.8. The zero-order chi connectivity index (χ0) is 14.6. The van der Waals surface area contributed by atoms with E-state index in [0.717, 1.165) is 11.5 Å². The molecule has 0 atom stereocenters. The first-order valence-electron chi connectivity index (χ1n) is 5.74. The molecule has 0 amide bonds. The van der Waals surface area contributed by atoms with Gasteiger partial charge in [-0.1, -0.05) is 6.07 Å². The summed E-state index contributed by atoms with van der Waals surface area (Å²) in [4.78, 5) is 3.93. The number of nitrogens with one attached hydrogen (secondary N) is 1. The van der Waals surface area contributed by atoms with Crippen LogP contribution in [0.2, 0.25) is 0 Å². The van der Waals surface area contributed by atoms with E-state index in [-0.39, 0.29) is 17.5 Å². The van der Waals surface area contributed by atoms with Crippen LogP contribution in [0, 0.1) is 6.92 Å². The molecule has 0 saturated carbocycles. The summed E-state index contributed by atoms with van der Waals surface area (Å²) in [7, 11) is -3.50. The van der Waals surface area contributed by atoms with E-state index >= 15 is 0 Å². The summed E-state index contributed by atoms with van der Waals surface area (Å²) < 4.78 is 35.2. The highest BCUT2D eigenvalue weighted by Crippen LogP contribution is 2.15. The first-order chi connectivity index (χ1) is 9.44. The topological polar surface area (TPSA) is 107 Å². The van der Waals surface area contributed by atoms with Gasteiger partial charge < -0.3 is 10.5 Å². The van der Waals surface area contributed by atoms with Crippen molar-refractivity contribution in [2.24, 2.45) is 0 Å². The predicted octanol–water partition coefficient (Wildman–Crippen LogP) is 1.25. The highest BCUT2D eigenvalue weighted by Gasteiger charge is 2.13. The number of aromatic nitrogens is 2. The zero-order valence-electron chi connectivity index (χ0n) is 10.7. The van der Waals surface area contributed by atoms with Crippen LogP contribution in [0.25, 0.3) is 0 Å². The smallest absolute Gasteiger partial charge is 0.237 e. The van der Waals surface area contributed by atoms with Gasteiger partial charge in [0.2, 0.25) is 15.2 Å². The average molecular weight is 314 g/mol. The molecule has 0 spiro atoms. The fraction of sp³-hybridized carbons (Fsp3) is 0.273. The van der Waals surface area contributed by atoms with Crippen molar-refractivity contribution in [1.82, 2.24) is 9.36 Å². The summed E-state index contributed by atoms with van der Waals surface area (Å²) in [5.41, 5.74) is 6.16. The molecule has 0 bridgehead atoms. The Balaban J connectivity index is 1.86. The van der Waals surface area contributed by atoms with Crippen LogP contribution in [-0.2, 0) is 10.0 Å². The Bertz CT molecular complexity index is 684. The van der Waals surface area contributed by atoms with Gasteiger partial charge in [-0.25, -0.2) is 13.4 Å². The number of nitrogens with two attached hydrogens (primary N) is 1. The largest absolute Gasteiger partial charge is 0.492 e. The van der Waals surface area contributed by atoms with Gasteiger partial charge in [0.05, 0.1) is 0 Å².